The van der Waals surface area contributed by atoms with Crippen LogP contribution in [0.3, 0.4) is 0 Å². The largest absolute Gasteiger partial charge is 0.489 e. The predicted octanol–water partition coefficient (Wildman–Crippen LogP) is 6.57. The van der Waals surface area contributed by atoms with Gasteiger partial charge >= 0.3 is 5.97 Å². The summed E-state index contributed by atoms with van der Waals surface area (Å²) >= 11 is 6.37. The van der Waals surface area contributed by atoms with Crippen molar-refractivity contribution in [3.63, 3.8) is 0 Å². The molecule has 0 spiro atoms. The van der Waals surface area contributed by atoms with Gasteiger partial charge in [-0.1, -0.05) is 55.8 Å². The predicted molar refractivity (Wildman–Crippen MR) is 139 cm³/mol. The summed E-state index contributed by atoms with van der Waals surface area (Å²) in [6, 6.07) is 15.0. The molecule has 0 aliphatic carbocycles. The first-order valence-corrected chi connectivity index (χ1v) is 11.8. The Morgan fingerprint density at radius 2 is 1.79 bits per heavy atom. The minimum Gasteiger partial charge on any atom is -0.489 e. The summed E-state index contributed by atoms with van der Waals surface area (Å²) in [5, 5.41) is 3.68. The standard InChI is InChI=1S/C25H29ClN2O4.C2H6/c1-5-31-25(30)13-14-28(17-20-9-7-6-8-10-20)24(15-19(4)29)27-21-11-12-23(22(26)16-21)32-18(2)3;1-2/h6-16,18,27H,5,17H2,1-4H3;1-2H3/b14-13+,24-15-;. The van der Waals surface area contributed by atoms with Crippen LogP contribution in [-0.4, -0.2) is 29.4 Å². The molecule has 7 heteroatoms. The van der Waals surface area contributed by atoms with Crippen LogP contribution in [-0.2, 0) is 20.9 Å². The Morgan fingerprint density at radius 1 is 1.12 bits per heavy atom. The molecule has 0 bridgehead atoms. The van der Waals surface area contributed by atoms with Gasteiger partial charge < -0.3 is 19.7 Å². The number of allylic oxidation sites excluding steroid dienone is 1. The van der Waals surface area contributed by atoms with Crippen LogP contribution >= 0.6 is 11.6 Å². The van der Waals surface area contributed by atoms with Gasteiger partial charge in [-0.15, -0.1) is 0 Å². The van der Waals surface area contributed by atoms with Gasteiger partial charge in [-0.3, -0.25) is 4.79 Å². The van der Waals surface area contributed by atoms with Crippen molar-refractivity contribution >= 4 is 29.0 Å². The van der Waals surface area contributed by atoms with Crippen LogP contribution in [0.15, 0.2) is 72.7 Å². The van der Waals surface area contributed by atoms with Gasteiger partial charge in [0.15, 0.2) is 5.78 Å². The van der Waals surface area contributed by atoms with Crippen molar-refractivity contribution in [3.05, 3.63) is 83.3 Å². The molecule has 0 aromatic heterocycles. The second-order valence-electron chi connectivity index (χ2n) is 7.26. The summed E-state index contributed by atoms with van der Waals surface area (Å²) in [4.78, 5) is 25.6. The van der Waals surface area contributed by atoms with E-state index in [2.05, 4.69) is 5.32 Å². The molecule has 0 aliphatic rings. The maximum absolute atomic E-state index is 12.0. The van der Waals surface area contributed by atoms with E-state index in [9.17, 15) is 9.59 Å². The number of hydrogen-bond donors (Lipinski definition) is 1. The lowest BCUT2D eigenvalue weighted by atomic mass is 10.2. The molecule has 0 saturated carbocycles. The molecule has 2 aromatic carbocycles. The zero-order valence-electron chi connectivity index (χ0n) is 20.8. The Labute approximate surface area is 208 Å². The van der Waals surface area contributed by atoms with E-state index >= 15 is 0 Å². The van der Waals surface area contributed by atoms with Crippen LogP contribution in [0.1, 0.15) is 47.1 Å². The highest BCUT2D eigenvalue weighted by atomic mass is 35.5. The van der Waals surface area contributed by atoms with Crippen molar-refractivity contribution in [1.82, 2.24) is 4.90 Å². The number of ether oxygens (including phenoxy) is 2. The van der Waals surface area contributed by atoms with Gasteiger partial charge in [0.25, 0.3) is 0 Å². The summed E-state index contributed by atoms with van der Waals surface area (Å²) in [5.41, 5.74) is 1.66. The molecule has 6 nitrogen and oxygen atoms in total. The molecule has 34 heavy (non-hydrogen) atoms. The molecular formula is C27H35ClN2O4. The third-order valence-corrected chi connectivity index (χ3v) is 4.38. The maximum Gasteiger partial charge on any atom is 0.332 e. The Kier molecular flexibility index (Phi) is 13.2. The van der Waals surface area contributed by atoms with Gasteiger partial charge in [0.2, 0.25) is 0 Å². The number of carbonyl (C=O) groups is 2. The summed E-state index contributed by atoms with van der Waals surface area (Å²) in [6.45, 7) is 11.8. The lowest BCUT2D eigenvalue weighted by Crippen LogP contribution is -2.23. The smallest absolute Gasteiger partial charge is 0.332 e. The van der Waals surface area contributed by atoms with E-state index in [0.717, 1.165) is 5.56 Å². The van der Waals surface area contributed by atoms with Gasteiger partial charge in [0.1, 0.15) is 11.6 Å². The Hall–Kier alpha value is -3.25. The summed E-state index contributed by atoms with van der Waals surface area (Å²) in [7, 11) is 0. The highest BCUT2D eigenvalue weighted by Crippen LogP contribution is 2.29. The molecule has 0 atom stereocenters. The Morgan fingerprint density at radius 3 is 2.35 bits per heavy atom. The topological polar surface area (TPSA) is 67.9 Å². The SMILES string of the molecule is CC.CCOC(=O)/C=C/N(Cc1ccccc1)/C(=C\C(C)=O)Nc1ccc(OC(C)C)c(Cl)c1. The van der Waals surface area contributed by atoms with Crippen molar-refractivity contribution < 1.29 is 19.1 Å². The fourth-order valence-corrected chi connectivity index (χ4v) is 3.02. The van der Waals surface area contributed by atoms with Crippen LogP contribution in [0.2, 0.25) is 5.02 Å². The molecule has 0 amide bonds. The fourth-order valence-electron chi connectivity index (χ4n) is 2.80. The first-order valence-electron chi connectivity index (χ1n) is 11.4. The number of esters is 1. The van der Waals surface area contributed by atoms with E-state index in [-0.39, 0.29) is 18.5 Å². The quantitative estimate of drug-likeness (QED) is 0.286. The van der Waals surface area contributed by atoms with Crippen molar-refractivity contribution in [2.45, 2.75) is 54.2 Å². The molecule has 0 unspecified atom stereocenters. The van der Waals surface area contributed by atoms with Gasteiger partial charge in [-0.05, 0) is 51.5 Å². The molecule has 184 valence electrons. The zero-order chi connectivity index (χ0) is 25.5. The average Bonchev–Trinajstić information content (AvgIpc) is 2.79. The van der Waals surface area contributed by atoms with Crippen LogP contribution < -0.4 is 10.1 Å². The van der Waals surface area contributed by atoms with Crippen molar-refractivity contribution in [3.8, 4) is 5.75 Å². The lowest BCUT2D eigenvalue weighted by Gasteiger charge is -2.25. The van der Waals surface area contributed by atoms with Gasteiger partial charge in [0.05, 0.1) is 17.7 Å². The number of nitrogens with zero attached hydrogens (tertiary/aromatic N) is 1. The Bertz CT molecular complexity index is 972. The first-order chi connectivity index (χ1) is 16.3. The number of benzene rings is 2. The number of nitrogens with one attached hydrogen (secondary N) is 1. The van der Waals surface area contributed by atoms with Gasteiger partial charge in [0, 0.05) is 30.6 Å². The number of anilines is 1. The van der Waals surface area contributed by atoms with E-state index in [1.54, 1.807) is 30.2 Å². The summed E-state index contributed by atoms with van der Waals surface area (Å²) in [6.07, 6.45) is 4.37. The third kappa shape index (κ3) is 10.6. The van der Waals surface area contributed by atoms with Crippen LogP contribution in [0.25, 0.3) is 0 Å². The molecule has 0 fully saturated rings. The van der Waals surface area contributed by atoms with Crippen molar-refractivity contribution in [1.29, 1.82) is 0 Å². The molecule has 0 aliphatic heterocycles. The van der Waals surface area contributed by atoms with Crippen LogP contribution in [0, 0.1) is 0 Å². The van der Waals surface area contributed by atoms with Crippen molar-refractivity contribution in [2.75, 3.05) is 11.9 Å². The van der Waals surface area contributed by atoms with E-state index in [4.69, 9.17) is 21.1 Å². The summed E-state index contributed by atoms with van der Waals surface area (Å²) in [5.74, 6) is 0.440. The van der Waals surface area contributed by atoms with E-state index in [0.29, 0.717) is 28.8 Å². The third-order valence-electron chi connectivity index (χ3n) is 4.09. The Balaban J connectivity index is 0.00000281. The first kappa shape index (κ1) is 28.8. The summed E-state index contributed by atoms with van der Waals surface area (Å²) < 4.78 is 10.7. The highest BCUT2D eigenvalue weighted by molar-refractivity contribution is 6.32. The molecular weight excluding hydrogens is 452 g/mol. The van der Waals surface area contributed by atoms with Crippen molar-refractivity contribution in [2.24, 2.45) is 0 Å². The fraction of sp³-hybridized carbons (Fsp3) is 0.333. The van der Waals surface area contributed by atoms with E-state index < -0.39 is 5.97 Å². The number of ketones is 1. The maximum atomic E-state index is 12.0. The second kappa shape index (κ2) is 15.6. The number of hydrogen-bond acceptors (Lipinski definition) is 6. The van der Waals surface area contributed by atoms with Gasteiger partial charge in [-0.25, -0.2) is 4.79 Å². The lowest BCUT2D eigenvalue weighted by molar-refractivity contribution is -0.137. The molecule has 0 radical (unpaired) electrons. The van der Waals surface area contributed by atoms with E-state index in [1.807, 2.05) is 64.1 Å². The number of carbonyl (C=O) groups excluding carboxylic acids is 2. The molecule has 0 heterocycles. The van der Waals surface area contributed by atoms with E-state index in [1.165, 1.54) is 19.1 Å². The van der Waals surface area contributed by atoms with Gasteiger partial charge in [-0.2, -0.15) is 0 Å². The molecule has 0 saturated heterocycles. The minimum atomic E-state index is -0.467. The second-order valence-corrected chi connectivity index (χ2v) is 7.67. The molecule has 2 aromatic rings. The normalized spacial score (nSPS) is 11.0. The highest BCUT2D eigenvalue weighted by Gasteiger charge is 2.12. The average molecular weight is 487 g/mol. The monoisotopic (exact) mass is 486 g/mol. The zero-order valence-corrected chi connectivity index (χ0v) is 21.6. The number of halogens is 1. The minimum absolute atomic E-state index is 0.00569. The molecule has 1 N–H and O–H groups in total. The van der Waals surface area contributed by atoms with Crippen LogP contribution in [0.4, 0.5) is 5.69 Å². The molecule has 2 rings (SSSR count). The number of rotatable bonds is 11. The van der Waals surface area contributed by atoms with Crippen LogP contribution in [0.5, 0.6) is 5.75 Å².